The van der Waals surface area contributed by atoms with Crippen molar-refractivity contribution < 1.29 is 9.47 Å². The maximum absolute atomic E-state index is 6.51. The van der Waals surface area contributed by atoms with Crippen LogP contribution in [0.2, 0.25) is 0 Å². The quantitative estimate of drug-likeness (QED) is 0.324. The third-order valence-corrected chi connectivity index (χ3v) is 7.12. The number of benzene rings is 1. The first kappa shape index (κ1) is 24.6. The van der Waals surface area contributed by atoms with Crippen molar-refractivity contribution in [2.75, 3.05) is 46.9 Å². The fourth-order valence-electron chi connectivity index (χ4n) is 5.31. The lowest BCUT2D eigenvalue weighted by Gasteiger charge is -2.40. The summed E-state index contributed by atoms with van der Waals surface area (Å²) >= 11 is 0. The molecule has 0 amide bonds. The highest BCUT2D eigenvalue weighted by Gasteiger charge is 2.43. The van der Waals surface area contributed by atoms with Gasteiger partial charge in [0.05, 0.1) is 12.6 Å². The predicted molar refractivity (Wildman–Crippen MR) is 137 cm³/mol. The van der Waals surface area contributed by atoms with E-state index in [0.29, 0.717) is 5.92 Å². The average Bonchev–Trinajstić information content (AvgIpc) is 3.23. The van der Waals surface area contributed by atoms with Crippen LogP contribution in [0.3, 0.4) is 0 Å². The Labute approximate surface area is 204 Å². The van der Waals surface area contributed by atoms with Gasteiger partial charge in [0, 0.05) is 39.2 Å². The molecule has 3 aliphatic rings. The Morgan fingerprint density at radius 1 is 1.23 bits per heavy atom. The van der Waals surface area contributed by atoms with Gasteiger partial charge in [-0.15, -0.1) is 24.0 Å². The van der Waals surface area contributed by atoms with Crippen molar-refractivity contribution in [2.45, 2.75) is 56.6 Å². The molecule has 6 nitrogen and oxygen atoms in total. The molecule has 1 unspecified atom stereocenters. The van der Waals surface area contributed by atoms with E-state index in [-0.39, 0.29) is 35.6 Å². The van der Waals surface area contributed by atoms with Crippen molar-refractivity contribution in [1.29, 1.82) is 0 Å². The molecule has 2 aliphatic heterocycles. The number of nitrogens with zero attached hydrogens (tertiary/aromatic N) is 2. The summed E-state index contributed by atoms with van der Waals surface area (Å²) in [6, 6.07) is 8.75. The van der Waals surface area contributed by atoms with E-state index in [1.165, 1.54) is 31.2 Å². The van der Waals surface area contributed by atoms with Crippen molar-refractivity contribution in [1.82, 2.24) is 15.5 Å². The molecule has 4 rings (SSSR count). The van der Waals surface area contributed by atoms with Crippen LogP contribution >= 0.6 is 24.0 Å². The maximum Gasteiger partial charge on any atom is 0.191 e. The summed E-state index contributed by atoms with van der Waals surface area (Å²) in [5.74, 6) is 2.65. The second-order valence-corrected chi connectivity index (χ2v) is 9.16. The number of halogens is 1. The number of methoxy groups -OCH3 is 1. The minimum Gasteiger partial charge on any atom is -0.487 e. The van der Waals surface area contributed by atoms with Gasteiger partial charge in [-0.25, -0.2) is 0 Å². The molecule has 1 saturated heterocycles. The fraction of sp³-hybridized carbons (Fsp3) is 0.708. The highest BCUT2D eigenvalue weighted by molar-refractivity contribution is 14.0. The van der Waals surface area contributed by atoms with Gasteiger partial charge in [-0.3, -0.25) is 4.99 Å². The maximum atomic E-state index is 6.51. The molecule has 2 fully saturated rings. The third kappa shape index (κ3) is 6.26. The van der Waals surface area contributed by atoms with Gasteiger partial charge in [-0.05, 0) is 63.6 Å². The van der Waals surface area contributed by atoms with Crippen LogP contribution in [0, 0.1) is 5.92 Å². The highest BCUT2D eigenvalue weighted by atomic mass is 127. The minimum atomic E-state index is -0.0000959. The number of piperidine rings is 1. The molecule has 0 bridgehead atoms. The number of likely N-dealkylation sites (tertiary alicyclic amines) is 1. The van der Waals surface area contributed by atoms with Gasteiger partial charge >= 0.3 is 0 Å². The predicted octanol–water partition coefficient (Wildman–Crippen LogP) is 3.96. The summed E-state index contributed by atoms with van der Waals surface area (Å²) in [7, 11) is 3.65. The van der Waals surface area contributed by atoms with Crippen LogP contribution < -0.4 is 15.4 Å². The Hall–Kier alpha value is -1.06. The molecule has 1 atom stereocenters. The van der Waals surface area contributed by atoms with E-state index in [4.69, 9.17) is 9.47 Å². The van der Waals surface area contributed by atoms with Crippen LogP contribution in [-0.4, -0.2) is 63.4 Å². The van der Waals surface area contributed by atoms with Gasteiger partial charge in [0.15, 0.2) is 5.96 Å². The molecule has 174 valence electrons. The van der Waals surface area contributed by atoms with Gasteiger partial charge in [0.2, 0.25) is 0 Å². The lowest BCUT2D eigenvalue weighted by Crippen LogP contribution is -2.48. The molecular weight excluding hydrogens is 503 g/mol. The lowest BCUT2D eigenvalue weighted by molar-refractivity contribution is 0.0395. The van der Waals surface area contributed by atoms with Crippen LogP contribution in [0.15, 0.2) is 29.3 Å². The van der Waals surface area contributed by atoms with Gasteiger partial charge in [0.25, 0.3) is 0 Å². The van der Waals surface area contributed by atoms with Gasteiger partial charge < -0.3 is 25.0 Å². The number of hydrogen-bond donors (Lipinski definition) is 2. The second kappa shape index (κ2) is 11.7. The number of ether oxygens (including phenoxy) is 2. The molecule has 1 saturated carbocycles. The zero-order chi connectivity index (χ0) is 20.8. The van der Waals surface area contributed by atoms with E-state index >= 15 is 0 Å². The summed E-state index contributed by atoms with van der Waals surface area (Å²) < 4.78 is 11.7. The Bertz CT molecular complexity index is 715. The third-order valence-electron chi connectivity index (χ3n) is 7.12. The number of rotatable bonds is 6. The lowest BCUT2D eigenvalue weighted by atomic mass is 9.86. The summed E-state index contributed by atoms with van der Waals surface area (Å²) in [6.45, 7) is 5.18. The minimum absolute atomic E-state index is 0. The number of fused-ring (bicyclic) bond motifs is 1. The molecular formula is C24H39IN4O2. The van der Waals surface area contributed by atoms with E-state index < -0.39 is 0 Å². The molecule has 1 aliphatic carbocycles. The molecule has 0 aromatic heterocycles. The van der Waals surface area contributed by atoms with Crippen LogP contribution in [0.5, 0.6) is 5.75 Å². The fourth-order valence-corrected chi connectivity index (χ4v) is 5.31. The molecule has 1 aromatic carbocycles. The van der Waals surface area contributed by atoms with E-state index in [1.54, 1.807) is 7.11 Å². The van der Waals surface area contributed by atoms with Crippen LogP contribution in [0.4, 0.5) is 0 Å². The summed E-state index contributed by atoms with van der Waals surface area (Å²) in [4.78, 5) is 7.04. The largest absolute Gasteiger partial charge is 0.487 e. The Kier molecular flexibility index (Phi) is 9.28. The molecule has 0 radical (unpaired) electrons. The first-order valence-electron chi connectivity index (χ1n) is 11.7. The molecule has 1 spiro atoms. The zero-order valence-electron chi connectivity index (χ0n) is 19.1. The molecule has 2 heterocycles. The van der Waals surface area contributed by atoms with Gasteiger partial charge in [-0.2, -0.15) is 0 Å². The average molecular weight is 543 g/mol. The number of guanidine groups is 1. The van der Waals surface area contributed by atoms with Crippen molar-refractivity contribution in [3.05, 3.63) is 29.8 Å². The van der Waals surface area contributed by atoms with Crippen LogP contribution in [0.1, 0.15) is 56.6 Å². The van der Waals surface area contributed by atoms with E-state index in [0.717, 1.165) is 63.8 Å². The monoisotopic (exact) mass is 542 g/mol. The number of para-hydroxylation sites is 1. The Morgan fingerprint density at radius 2 is 1.97 bits per heavy atom. The van der Waals surface area contributed by atoms with E-state index in [2.05, 4.69) is 44.8 Å². The molecule has 31 heavy (non-hydrogen) atoms. The van der Waals surface area contributed by atoms with E-state index in [1.807, 2.05) is 7.05 Å². The number of hydrogen-bond acceptors (Lipinski definition) is 4. The SMILES string of the molecule is CN=C(NCC1CCN(CCOC)CC1)NC1CC2(CCCC2)Oc2ccccc21.I. The van der Waals surface area contributed by atoms with Crippen LogP contribution in [-0.2, 0) is 4.74 Å². The summed E-state index contributed by atoms with van der Waals surface area (Å²) in [6.07, 6.45) is 8.34. The number of nitrogens with one attached hydrogen (secondary N) is 2. The molecule has 2 N–H and O–H groups in total. The normalized spacial score (nSPS) is 23.7. The van der Waals surface area contributed by atoms with Crippen molar-refractivity contribution in [3.8, 4) is 5.75 Å². The topological polar surface area (TPSA) is 58.1 Å². The standard InChI is InChI=1S/C24H38N4O2.HI/c1-25-23(26-18-19-9-13-28(14-10-19)15-16-29-2)27-21-17-24(11-5-6-12-24)30-22-8-4-3-7-20(21)22;/h3-4,7-8,19,21H,5-6,9-18H2,1-2H3,(H2,25,26,27);1H. The summed E-state index contributed by atoms with van der Waals surface area (Å²) in [5, 5.41) is 7.33. The van der Waals surface area contributed by atoms with Crippen molar-refractivity contribution in [2.24, 2.45) is 10.9 Å². The Morgan fingerprint density at radius 3 is 2.68 bits per heavy atom. The van der Waals surface area contributed by atoms with Crippen molar-refractivity contribution >= 4 is 29.9 Å². The first-order chi connectivity index (χ1) is 14.7. The van der Waals surface area contributed by atoms with Crippen LogP contribution in [0.25, 0.3) is 0 Å². The van der Waals surface area contributed by atoms with Gasteiger partial charge in [0.1, 0.15) is 11.4 Å². The van der Waals surface area contributed by atoms with Crippen molar-refractivity contribution in [3.63, 3.8) is 0 Å². The summed E-state index contributed by atoms with van der Waals surface area (Å²) in [5.41, 5.74) is 1.25. The zero-order valence-corrected chi connectivity index (χ0v) is 21.4. The smallest absolute Gasteiger partial charge is 0.191 e. The van der Waals surface area contributed by atoms with E-state index in [9.17, 15) is 0 Å². The van der Waals surface area contributed by atoms with Gasteiger partial charge in [-0.1, -0.05) is 18.2 Å². The number of aliphatic imine (C=N–C) groups is 1. The highest BCUT2D eigenvalue weighted by Crippen LogP contribution is 2.46. The Balaban J connectivity index is 0.00000272. The first-order valence-corrected chi connectivity index (χ1v) is 11.7. The second-order valence-electron chi connectivity index (χ2n) is 9.16. The molecule has 7 heteroatoms. The molecule has 1 aromatic rings.